The number of allylic oxidation sites excluding steroid dienone is 4. The van der Waals surface area contributed by atoms with E-state index in [1.54, 1.807) is 6.08 Å². The number of hydrogen-bond acceptors (Lipinski definition) is 0. The lowest BCUT2D eigenvalue weighted by atomic mass is 10.2. The monoisotopic (exact) mass is 156 g/mol. The summed E-state index contributed by atoms with van der Waals surface area (Å²) < 4.78 is 0. The van der Waals surface area contributed by atoms with Crippen LogP contribution in [0, 0.1) is 0 Å². The second-order valence-electron chi connectivity index (χ2n) is 2.31. The summed E-state index contributed by atoms with van der Waals surface area (Å²) >= 11 is 5.77. The van der Waals surface area contributed by atoms with Crippen molar-refractivity contribution in [2.45, 2.75) is 19.8 Å². The molecule has 0 unspecified atom stereocenters. The van der Waals surface area contributed by atoms with Crippen molar-refractivity contribution < 1.29 is 0 Å². The molecule has 0 aromatic carbocycles. The Hall–Kier alpha value is -0.490. The van der Waals surface area contributed by atoms with E-state index in [1.165, 1.54) is 0 Å². The van der Waals surface area contributed by atoms with E-state index in [4.69, 9.17) is 11.6 Å². The molecule has 0 nitrogen and oxygen atoms in total. The molecule has 0 aliphatic rings. The van der Waals surface area contributed by atoms with E-state index in [9.17, 15) is 0 Å². The standard InChI is InChI=1S/C9H13Cl/c1-4-5-9(10)7-6-8(2)3/h4-5H,1-2,6-7H2,3H3. The summed E-state index contributed by atoms with van der Waals surface area (Å²) in [6.45, 7) is 9.32. The maximum absolute atomic E-state index is 5.77. The molecular weight excluding hydrogens is 144 g/mol. The normalized spacial score (nSPS) is 11.2. The third-order valence-corrected chi connectivity index (χ3v) is 1.40. The second kappa shape index (κ2) is 5.31. The predicted molar refractivity (Wildman–Crippen MR) is 48.2 cm³/mol. The smallest absolute Gasteiger partial charge is 0.0183 e. The summed E-state index contributed by atoms with van der Waals surface area (Å²) in [6, 6.07) is 0. The van der Waals surface area contributed by atoms with Crippen molar-refractivity contribution in [2.24, 2.45) is 0 Å². The predicted octanol–water partition coefficient (Wildman–Crippen LogP) is 3.65. The van der Waals surface area contributed by atoms with Gasteiger partial charge in [-0.1, -0.05) is 29.8 Å². The Morgan fingerprint density at radius 1 is 1.50 bits per heavy atom. The van der Waals surface area contributed by atoms with Crippen LogP contribution in [0.2, 0.25) is 0 Å². The minimum absolute atomic E-state index is 0.845. The van der Waals surface area contributed by atoms with Gasteiger partial charge in [-0.15, -0.1) is 6.58 Å². The second-order valence-corrected chi connectivity index (χ2v) is 2.79. The minimum atomic E-state index is 0.845. The lowest BCUT2D eigenvalue weighted by Gasteiger charge is -1.96. The molecule has 0 atom stereocenters. The fourth-order valence-electron chi connectivity index (χ4n) is 0.544. The molecule has 0 saturated carbocycles. The van der Waals surface area contributed by atoms with Crippen molar-refractivity contribution in [3.63, 3.8) is 0 Å². The molecular formula is C9H13Cl. The highest BCUT2D eigenvalue weighted by Gasteiger charge is 1.90. The van der Waals surface area contributed by atoms with E-state index in [2.05, 4.69) is 13.2 Å². The zero-order valence-electron chi connectivity index (χ0n) is 6.36. The van der Waals surface area contributed by atoms with Crippen molar-refractivity contribution in [1.29, 1.82) is 0 Å². The van der Waals surface area contributed by atoms with E-state index in [-0.39, 0.29) is 0 Å². The SMILES string of the molecule is C=CC=C(Cl)CCC(=C)C. The molecule has 0 aliphatic heterocycles. The molecule has 1 heteroatoms. The first-order chi connectivity index (χ1) is 4.66. The number of rotatable bonds is 4. The highest BCUT2D eigenvalue weighted by Crippen LogP contribution is 2.13. The van der Waals surface area contributed by atoms with E-state index < -0.39 is 0 Å². The molecule has 0 aromatic heterocycles. The summed E-state index contributed by atoms with van der Waals surface area (Å²) in [6.07, 6.45) is 5.34. The third kappa shape index (κ3) is 5.64. The van der Waals surface area contributed by atoms with Crippen LogP contribution in [0.5, 0.6) is 0 Å². The minimum Gasteiger partial charge on any atom is -0.100 e. The molecule has 0 saturated heterocycles. The van der Waals surface area contributed by atoms with Crippen LogP contribution in [0.4, 0.5) is 0 Å². The number of hydrogen-bond donors (Lipinski definition) is 0. The Balaban J connectivity index is 3.58. The van der Waals surface area contributed by atoms with Gasteiger partial charge >= 0.3 is 0 Å². The molecule has 0 N–H and O–H groups in total. The molecule has 0 fully saturated rings. The van der Waals surface area contributed by atoms with Gasteiger partial charge in [0.25, 0.3) is 0 Å². The van der Waals surface area contributed by atoms with Gasteiger partial charge in [-0.05, 0) is 25.8 Å². The van der Waals surface area contributed by atoms with E-state index >= 15 is 0 Å². The Bertz CT molecular complexity index is 154. The average Bonchev–Trinajstić information content (AvgIpc) is 1.85. The average molecular weight is 157 g/mol. The largest absolute Gasteiger partial charge is 0.100 e. The van der Waals surface area contributed by atoms with Crippen molar-refractivity contribution in [3.05, 3.63) is 35.9 Å². The fourth-order valence-corrected chi connectivity index (χ4v) is 0.728. The van der Waals surface area contributed by atoms with Gasteiger partial charge in [-0.25, -0.2) is 0 Å². The maximum atomic E-state index is 5.77. The molecule has 0 radical (unpaired) electrons. The third-order valence-electron chi connectivity index (χ3n) is 1.09. The Morgan fingerprint density at radius 2 is 2.10 bits per heavy atom. The molecule has 56 valence electrons. The van der Waals surface area contributed by atoms with Crippen LogP contribution >= 0.6 is 11.6 Å². The van der Waals surface area contributed by atoms with Crippen LogP contribution in [0.1, 0.15) is 19.8 Å². The summed E-state index contributed by atoms with van der Waals surface area (Å²) in [4.78, 5) is 0. The molecule has 0 aromatic rings. The Kier molecular flexibility index (Phi) is 5.05. The van der Waals surface area contributed by atoms with Crippen LogP contribution in [0.25, 0.3) is 0 Å². The van der Waals surface area contributed by atoms with Crippen LogP contribution in [-0.2, 0) is 0 Å². The van der Waals surface area contributed by atoms with Gasteiger partial charge in [-0.2, -0.15) is 0 Å². The molecule has 0 rings (SSSR count). The van der Waals surface area contributed by atoms with Gasteiger partial charge in [0.2, 0.25) is 0 Å². The van der Waals surface area contributed by atoms with Crippen molar-refractivity contribution >= 4 is 11.6 Å². The fraction of sp³-hybridized carbons (Fsp3) is 0.333. The first kappa shape index (κ1) is 9.51. The maximum Gasteiger partial charge on any atom is 0.0183 e. The molecule has 0 spiro atoms. The summed E-state index contributed by atoms with van der Waals surface area (Å²) in [5.41, 5.74) is 1.16. The van der Waals surface area contributed by atoms with E-state index in [1.807, 2.05) is 13.0 Å². The zero-order chi connectivity index (χ0) is 7.98. The van der Waals surface area contributed by atoms with Gasteiger partial charge < -0.3 is 0 Å². The Labute approximate surface area is 67.9 Å². The first-order valence-corrected chi connectivity index (χ1v) is 3.66. The first-order valence-electron chi connectivity index (χ1n) is 3.28. The van der Waals surface area contributed by atoms with Crippen LogP contribution in [-0.4, -0.2) is 0 Å². The van der Waals surface area contributed by atoms with Crippen molar-refractivity contribution in [3.8, 4) is 0 Å². The highest BCUT2D eigenvalue weighted by atomic mass is 35.5. The Morgan fingerprint density at radius 3 is 2.50 bits per heavy atom. The van der Waals surface area contributed by atoms with Crippen molar-refractivity contribution in [1.82, 2.24) is 0 Å². The van der Waals surface area contributed by atoms with Gasteiger partial charge in [0.15, 0.2) is 0 Å². The van der Waals surface area contributed by atoms with Gasteiger partial charge in [-0.3, -0.25) is 0 Å². The van der Waals surface area contributed by atoms with Crippen LogP contribution in [0.15, 0.2) is 35.9 Å². The van der Waals surface area contributed by atoms with E-state index in [0.29, 0.717) is 0 Å². The van der Waals surface area contributed by atoms with Crippen LogP contribution in [0.3, 0.4) is 0 Å². The van der Waals surface area contributed by atoms with Gasteiger partial charge in [0.05, 0.1) is 0 Å². The van der Waals surface area contributed by atoms with Gasteiger partial charge in [0, 0.05) is 5.03 Å². The molecule has 10 heavy (non-hydrogen) atoms. The highest BCUT2D eigenvalue weighted by molar-refractivity contribution is 6.29. The van der Waals surface area contributed by atoms with Gasteiger partial charge in [0.1, 0.15) is 0 Å². The lowest BCUT2D eigenvalue weighted by Crippen LogP contribution is -1.75. The zero-order valence-corrected chi connectivity index (χ0v) is 7.12. The molecule has 0 amide bonds. The topological polar surface area (TPSA) is 0 Å². The summed E-state index contributed by atoms with van der Waals surface area (Å²) in [5, 5.41) is 0.845. The molecule has 0 bridgehead atoms. The van der Waals surface area contributed by atoms with Crippen molar-refractivity contribution in [2.75, 3.05) is 0 Å². The molecule has 0 heterocycles. The molecule has 0 aliphatic carbocycles. The summed E-state index contributed by atoms with van der Waals surface area (Å²) in [7, 11) is 0. The lowest BCUT2D eigenvalue weighted by molar-refractivity contribution is 0.970. The quantitative estimate of drug-likeness (QED) is 0.431. The number of halogens is 1. The van der Waals surface area contributed by atoms with Crippen LogP contribution < -0.4 is 0 Å². The van der Waals surface area contributed by atoms with E-state index in [0.717, 1.165) is 23.4 Å². The summed E-state index contributed by atoms with van der Waals surface area (Å²) in [5.74, 6) is 0.